The van der Waals surface area contributed by atoms with E-state index in [9.17, 15) is 14.9 Å². The molecule has 1 aliphatic rings. The van der Waals surface area contributed by atoms with Crippen LogP contribution >= 0.6 is 0 Å². The van der Waals surface area contributed by atoms with Crippen molar-refractivity contribution < 1.29 is 23.9 Å². The molecule has 120 valence electrons. The highest BCUT2D eigenvalue weighted by molar-refractivity contribution is 6.20. The maximum Gasteiger partial charge on any atom is 0.278 e. The topological polar surface area (TPSA) is 87.9 Å². The van der Waals surface area contributed by atoms with Gasteiger partial charge in [0.15, 0.2) is 17.8 Å². The molecule has 24 heavy (non-hydrogen) atoms. The van der Waals surface area contributed by atoms with Crippen LogP contribution in [0.25, 0.3) is 21.5 Å². The molecule has 0 radical (unpaired) electrons. The lowest BCUT2D eigenvalue weighted by atomic mass is 9.95. The average Bonchev–Trinajstić information content (AvgIpc) is 3.07. The van der Waals surface area contributed by atoms with Crippen LogP contribution in [-0.2, 0) is 0 Å². The summed E-state index contributed by atoms with van der Waals surface area (Å²) in [4.78, 5) is 22.6. The lowest BCUT2D eigenvalue weighted by Crippen LogP contribution is -1.96. The third-order valence-electron chi connectivity index (χ3n) is 4.11. The second-order valence-electron chi connectivity index (χ2n) is 5.28. The minimum atomic E-state index is -0.511. The molecule has 0 bridgehead atoms. The molecule has 7 heteroatoms. The van der Waals surface area contributed by atoms with Gasteiger partial charge in [0.1, 0.15) is 5.75 Å². The molecule has 3 aromatic rings. The average molecular weight is 325 g/mol. The van der Waals surface area contributed by atoms with Crippen molar-refractivity contribution in [1.82, 2.24) is 0 Å². The molecule has 0 spiro atoms. The number of non-ortho nitro benzene ring substituents is 1. The number of hydrogen-bond acceptors (Lipinski definition) is 6. The van der Waals surface area contributed by atoms with Crippen molar-refractivity contribution >= 4 is 33.5 Å². The van der Waals surface area contributed by atoms with E-state index < -0.39 is 4.92 Å². The monoisotopic (exact) mass is 325 g/mol. The zero-order valence-electron chi connectivity index (χ0n) is 12.6. The van der Waals surface area contributed by atoms with Crippen LogP contribution in [0.15, 0.2) is 30.3 Å². The van der Waals surface area contributed by atoms with Crippen molar-refractivity contribution in [1.29, 1.82) is 0 Å². The molecule has 1 aliphatic heterocycles. The van der Waals surface area contributed by atoms with E-state index in [-0.39, 0.29) is 23.4 Å². The van der Waals surface area contributed by atoms with E-state index >= 15 is 0 Å². The number of nitro benzene ring substituents is 1. The van der Waals surface area contributed by atoms with Crippen molar-refractivity contribution in [3.05, 3.63) is 46.0 Å². The Kier molecular flexibility index (Phi) is 3.02. The van der Waals surface area contributed by atoms with Crippen molar-refractivity contribution in [2.75, 3.05) is 13.9 Å². The molecule has 0 aromatic heterocycles. The van der Waals surface area contributed by atoms with Gasteiger partial charge in [0, 0.05) is 22.4 Å². The van der Waals surface area contributed by atoms with Gasteiger partial charge in [0.25, 0.3) is 5.69 Å². The highest BCUT2D eigenvalue weighted by Crippen LogP contribution is 2.48. The van der Waals surface area contributed by atoms with Crippen LogP contribution in [0.3, 0.4) is 0 Å². The predicted molar refractivity (Wildman–Crippen MR) is 86.2 cm³/mol. The van der Waals surface area contributed by atoms with Gasteiger partial charge in [-0.25, -0.2) is 0 Å². The lowest BCUT2D eigenvalue weighted by Gasteiger charge is -2.12. The van der Waals surface area contributed by atoms with Crippen LogP contribution in [0.1, 0.15) is 10.4 Å². The van der Waals surface area contributed by atoms with E-state index in [4.69, 9.17) is 14.2 Å². The first kappa shape index (κ1) is 14.3. The Balaban J connectivity index is 2.33. The summed E-state index contributed by atoms with van der Waals surface area (Å²) in [6.07, 6.45) is 0.587. The Bertz CT molecular complexity index is 1030. The molecule has 0 N–H and O–H groups in total. The summed E-state index contributed by atoms with van der Waals surface area (Å²) < 4.78 is 16.2. The SMILES string of the molecule is COc1cccc2c1cc([N+](=O)[O-])c1c(C=O)cc3c(c12)OCO3. The van der Waals surface area contributed by atoms with Crippen LogP contribution in [0.2, 0.25) is 0 Å². The number of benzene rings is 3. The minimum absolute atomic E-state index is 0.000890. The normalized spacial score (nSPS) is 12.5. The summed E-state index contributed by atoms with van der Waals surface area (Å²) in [7, 11) is 1.50. The molecule has 0 aliphatic carbocycles. The fourth-order valence-corrected chi connectivity index (χ4v) is 3.13. The zero-order chi connectivity index (χ0) is 16.8. The van der Waals surface area contributed by atoms with Gasteiger partial charge in [-0.1, -0.05) is 12.1 Å². The first-order chi connectivity index (χ1) is 11.7. The fourth-order valence-electron chi connectivity index (χ4n) is 3.13. The van der Waals surface area contributed by atoms with E-state index in [0.29, 0.717) is 39.7 Å². The van der Waals surface area contributed by atoms with Gasteiger partial charge in [0.05, 0.1) is 17.4 Å². The molecule has 0 unspecified atom stereocenters. The van der Waals surface area contributed by atoms with Crippen LogP contribution in [-0.4, -0.2) is 25.1 Å². The molecule has 1 heterocycles. The van der Waals surface area contributed by atoms with E-state index in [1.807, 2.05) is 0 Å². The molecule has 0 atom stereocenters. The predicted octanol–water partition coefficient (Wildman–Crippen LogP) is 3.45. The standard InChI is InChI=1S/C17H11NO6/c1-22-13-4-2-3-10-11(13)6-12(18(20)21)15-9(7-19)5-14-17(16(10)15)24-8-23-14/h2-7H,8H2,1H3. The van der Waals surface area contributed by atoms with E-state index in [0.717, 1.165) is 0 Å². The molecule has 0 saturated heterocycles. The van der Waals surface area contributed by atoms with Crippen molar-refractivity contribution in [3.8, 4) is 17.2 Å². The highest BCUT2D eigenvalue weighted by atomic mass is 16.7. The summed E-state index contributed by atoms with van der Waals surface area (Å²) in [6, 6.07) is 8.20. The number of fused-ring (bicyclic) bond motifs is 5. The third kappa shape index (κ3) is 1.81. The minimum Gasteiger partial charge on any atom is -0.496 e. The molecule has 0 saturated carbocycles. The number of aldehydes is 1. The Morgan fingerprint density at radius 3 is 2.75 bits per heavy atom. The molecule has 7 nitrogen and oxygen atoms in total. The number of rotatable bonds is 3. The fraction of sp³-hybridized carbons (Fsp3) is 0.118. The van der Waals surface area contributed by atoms with Gasteiger partial charge in [-0.2, -0.15) is 0 Å². The Hall–Kier alpha value is -3.35. The Morgan fingerprint density at radius 1 is 1.21 bits per heavy atom. The smallest absolute Gasteiger partial charge is 0.278 e. The van der Waals surface area contributed by atoms with Crippen molar-refractivity contribution in [3.63, 3.8) is 0 Å². The van der Waals surface area contributed by atoms with Gasteiger partial charge in [-0.3, -0.25) is 14.9 Å². The van der Waals surface area contributed by atoms with E-state index in [2.05, 4.69) is 0 Å². The molecular formula is C17H11NO6. The van der Waals surface area contributed by atoms with Crippen molar-refractivity contribution in [2.24, 2.45) is 0 Å². The Labute approximate surface area is 135 Å². The quantitative estimate of drug-likeness (QED) is 0.317. The first-order valence-corrected chi connectivity index (χ1v) is 7.11. The Morgan fingerprint density at radius 2 is 2.04 bits per heavy atom. The van der Waals surface area contributed by atoms with Crippen molar-refractivity contribution in [2.45, 2.75) is 0 Å². The highest BCUT2D eigenvalue weighted by Gasteiger charge is 2.27. The number of nitro groups is 1. The lowest BCUT2D eigenvalue weighted by molar-refractivity contribution is -0.382. The number of methoxy groups -OCH3 is 1. The van der Waals surface area contributed by atoms with Gasteiger partial charge in [-0.15, -0.1) is 0 Å². The summed E-state index contributed by atoms with van der Waals surface area (Å²) in [6.45, 7) is 0.000890. The summed E-state index contributed by atoms with van der Waals surface area (Å²) in [5.74, 6) is 1.30. The van der Waals surface area contributed by atoms with Gasteiger partial charge >= 0.3 is 0 Å². The number of ether oxygens (including phenoxy) is 3. The maximum absolute atomic E-state index is 11.6. The van der Waals surface area contributed by atoms with Gasteiger partial charge < -0.3 is 14.2 Å². The van der Waals surface area contributed by atoms with Gasteiger partial charge in [-0.05, 0) is 17.5 Å². The second kappa shape index (κ2) is 5.09. The molecule has 0 fully saturated rings. The second-order valence-corrected chi connectivity index (χ2v) is 5.28. The number of hydrogen-bond donors (Lipinski definition) is 0. The number of carbonyl (C=O) groups excluding carboxylic acids is 1. The molecular weight excluding hydrogens is 314 g/mol. The van der Waals surface area contributed by atoms with Crippen LogP contribution in [0, 0.1) is 10.1 Å². The first-order valence-electron chi connectivity index (χ1n) is 7.11. The number of carbonyl (C=O) groups is 1. The molecule has 4 rings (SSSR count). The van der Waals surface area contributed by atoms with Crippen LogP contribution < -0.4 is 14.2 Å². The molecule has 0 amide bonds. The van der Waals surface area contributed by atoms with Crippen LogP contribution in [0.5, 0.6) is 17.2 Å². The maximum atomic E-state index is 11.6. The third-order valence-corrected chi connectivity index (χ3v) is 4.11. The zero-order valence-corrected chi connectivity index (χ0v) is 12.6. The largest absolute Gasteiger partial charge is 0.496 e. The number of nitrogens with zero attached hydrogens (tertiary/aromatic N) is 1. The molecule has 3 aromatic carbocycles. The van der Waals surface area contributed by atoms with Crippen LogP contribution in [0.4, 0.5) is 5.69 Å². The van der Waals surface area contributed by atoms with Gasteiger partial charge in [0.2, 0.25) is 6.79 Å². The summed E-state index contributed by atoms with van der Waals surface area (Å²) >= 11 is 0. The van der Waals surface area contributed by atoms with E-state index in [1.165, 1.54) is 19.2 Å². The summed E-state index contributed by atoms with van der Waals surface area (Å²) in [5, 5.41) is 13.6. The summed E-state index contributed by atoms with van der Waals surface area (Å²) in [5.41, 5.74) is 0.00747. The van der Waals surface area contributed by atoms with E-state index in [1.54, 1.807) is 18.2 Å².